The van der Waals surface area contributed by atoms with Crippen molar-refractivity contribution in [2.24, 2.45) is 11.8 Å². The van der Waals surface area contributed by atoms with Gasteiger partial charge >= 0.3 is 10.2 Å². The van der Waals surface area contributed by atoms with Crippen LogP contribution in [-0.2, 0) is 35.9 Å². The zero-order chi connectivity index (χ0) is 38.9. The maximum atomic E-state index is 14.0. The van der Waals surface area contributed by atoms with E-state index in [0.717, 1.165) is 49.4 Å². The van der Waals surface area contributed by atoms with Gasteiger partial charge in [-0.25, -0.2) is 4.72 Å². The summed E-state index contributed by atoms with van der Waals surface area (Å²) in [5, 5.41) is 0.763. The number of aryl methyl sites for hydroxylation is 1. The molecule has 2 aliphatic carbocycles. The predicted molar refractivity (Wildman–Crippen MR) is 218 cm³/mol. The number of rotatable bonds is 8. The molecule has 2 aromatic rings. The molecule has 0 aromatic heterocycles. The number of halogens is 1. The second-order valence-electron chi connectivity index (χ2n) is 17.3. The van der Waals surface area contributed by atoms with E-state index in [9.17, 15) is 13.2 Å². The number of amides is 1. The Morgan fingerprint density at radius 2 is 1.89 bits per heavy atom. The molecule has 1 amide bonds. The molecule has 1 unspecified atom stereocenters. The summed E-state index contributed by atoms with van der Waals surface area (Å²) in [6, 6.07) is 11.1. The average Bonchev–Trinajstić information content (AvgIpc) is 3.23. The van der Waals surface area contributed by atoms with Crippen molar-refractivity contribution < 1.29 is 31.8 Å². The number of benzene rings is 2. The van der Waals surface area contributed by atoms with E-state index in [-0.39, 0.29) is 35.3 Å². The summed E-state index contributed by atoms with van der Waals surface area (Å²) < 4.78 is 56.4. The maximum absolute atomic E-state index is 14.0. The Kier molecular flexibility index (Phi) is 12.6. The van der Waals surface area contributed by atoms with Gasteiger partial charge in [0.25, 0.3) is 5.91 Å². The van der Waals surface area contributed by atoms with Crippen LogP contribution >= 0.6 is 11.6 Å². The summed E-state index contributed by atoms with van der Waals surface area (Å²) >= 11 is 6.50. The first-order valence-electron chi connectivity index (χ1n) is 19.6. The number of carbonyl (C=O) groups excluding carboxylic acids is 1. The fraction of sp³-hybridized carbons (Fsp3) is 0.634. The Morgan fingerprint density at radius 1 is 1.09 bits per heavy atom. The molecule has 1 saturated carbocycles. The second-order valence-corrected chi connectivity index (χ2v) is 24.1. The molecule has 0 saturated heterocycles. The highest BCUT2D eigenvalue weighted by Crippen LogP contribution is 2.48. The lowest BCUT2D eigenvalue weighted by Gasteiger charge is -2.48. The lowest BCUT2D eigenvalue weighted by molar-refractivity contribution is 0.0523. The van der Waals surface area contributed by atoms with E-state index in [0.29, 0.717) is 50.4 Å². The van der Waals surface area contributed by atoms with Crippen LogP contribution in [0.4, 0.5) is 5.69 Å². The van der Waals surface area contributed by atoms with Crippen LogP contribution in [0.1, 0.15) is 81.3 Å². The highest BCUT2D eigenvalue weighted by molar-refractivity contribution is 7.87. The third-order valence-corrected chi connectivity index (χ3v) is 18.9. The van der Waals surface area contributed by atoms with E-state index in [4.69, 9.17) is 30.2 Å². The molecule has 2 aromatic carbocycles. The molecule has 0 radical (unpaired) electrons. The smallest absolute Gasteiger partial charge is 0.304 e. The summed E-state index contributed by atoms with van der Waals surface area (Å²) in [4.78, 5) is 16.3. The van der Waals surface area contributed by atoms with Gasteiger partial charge in [0.05, 0.1) is 38.2 Å². The van der Waals surface area contributed by atoms with Crippen molar-refractivity contribution >= 4 is 41.7 Å². The highest BCUT2D eigenvalue weighted by Gasteiger charge is 2.47. The van der Waals surface area contributed by atoms with Gasteiger partial charge in [-0.1, -0.05) is 50.6 Å². The normalized spacial score (nSPS) is 28.2. The summed E-state index contributed by atoms with van der Waals surface area (Å²) in [5.41, 5.74) is 3.33. The Morgan fingerprint density at radius 3 is 2.61 bits per heavy atom. The number of hydrogen-bond acceptors (Lipinski definition) is 8. The first kappa shape index (κ1) is 41.2. The molecule has 2 aliphatic heterocycles. The highest BCUT2D eigenvalue weighted by atomic mass is 35.5. The topological polar surface area (TPSA) is 107 Å². The van der Waals surface area contributed by atoms with Crippen LogP contribution < -0.4 is 14.4 Å². The summed E-state index contributed by atoms with van der Waals surface area (Å²) in [6.07, 6.45) is 9.72. The Balaban J connectivity index is 1.41. The van der Waals surface area contributed by atoms with Gasteiger partial charge in [-0.05, 0) is 117 Å². The fourth-order valence-corrected chi connectivity index (χ4v) is 11.1. The monoisotopic (exact) mass is 801 g/mol. The molecule has 6 rings (SSSR count). The zero-order valence-corrected chi connectivity index (χ0v) is 35.7. The van der Waals surface area contributed by atoms with Crippen LogP contribution in [0.5, 0.6) is 5.75 Å². The van der Waals surface area contributed by atoms with Crippen molar-refractivity contribution in [1.29, 1.82) is 0 Å². The van der Waals surface area contributed by atoms with Crippen molar-refractivity contribution in [2.75, 3.05) is 58.1 Å². The average molecular weight is 803 g/mol. The van der Waals surface area contributed by atoms with Crippen molar-refractivity contribution in [3.63, 3.8) is 0 Å². The number of ether oxygens (including phenoxy) is 3. The lowest BCUT2D eigenvalue weighted by Crippen LogP contribution is -2.52. The molecule has 2 bridgehead atoms. The van der Waals surface area contributed by atoms with Crippen molar-refractivity contribution in [3.05, 3.63) is 70.3 Å². The molecule has 54 heavy (non-hydrogen) atoms. The van der Waals surface area contributed by atoms with E-state index < -0.39 is 30.5 Å². The van der Waals surface area contributed by atoms with Gasteiger partial charge in [-0.3, -0.25) is 4.79 Å². The van der Waals surface area contributed by atoms with Gasteiger partial charge in [-0.2, -0.15) is 12.7 Å². The Labute approximate surface area is 329 Å². The Hall–Kier alpha value is -2.45. The van der Waals surface area contributed by atoms with E-state index in [1.807, 2.05) is 25.1 Å². The van der Waals surface area contributed by atoms with Gasteiger partial charge in [0.2, 0.25) is 0 Å². The number of fused-ring (bicyclic) bond motifs is 4. The number of nitrogens with zero attached hydrogens (tertiary/aromatic N) is 2. The summed E-state index contributed by atoms with van der Waals surface area (Å²) in [7, 11) is -4.84. The van der Waals surface area contributed by atoms with Crippen LogP contribution in [0.2, 0.25) is 23.2 Å². The van der Waals surface area contributed by atoms with Crippen LogP contribution in [0, 0.1) is 11.8 Å². The molecule has 13 heteroatoms. The molecule has 4 aliphatic rings. The number of carbonyl (C=O) groups is 1. The van der Waals surface area contributed by atoms with E-state index in [2.05, 4.69) is 67.8 Å². The van der Waals surface area contributed by atoms with Gasteiger partial charge in [-0.15, -0.1) is 0 Å². The molecule has 1 spiro atoms. The number of anilines is 1. The van der Waals surface area contributed by atoms with Crippen molar-refractivity contribution in [3.8, 4) is 5.75 Å². The molecule has 1 fully saturated rings. The van der Waals surface area contributed by atoms with Crippen molar-refractivity contribution in [2.45, 2.75) is 102 Å². The predicted octanol–water partition coefficient (Wildman–Crippen LogP) is 7.52. The molecule has 5 atom stereocenters. The van der Waals surface area contributed by atoms with Crippen molar-refractivity contribution in [1.82, 2.24) is 9.03 Å². The van der Waals surface area contributed by atoms with Gasteiger partial charge in [0.1, 0.15) is 5.75 Å². The molecular formula is C41H60ClN3O7SSi. The van der Waals surface area contributed by atoms with E-state index in [1.165, 1.54) is 15.4 Å². The minimum Gasteiger partial charge on any atom is -0.490 e. The maximum Gasteiger partial charge on any atom is 0.304 e. The van der Waals surface area contributed by atoms with Gasteiger partial charge in [0.15, 0.2) is 8.32 Å². The van der Waals surface area contributed by atoms with Gasteiger partial charge in [0, 0.05) is 48.8 Å². The number of methoxy groups -OCH3 is 1. The molecule has 1 N–H and O–H groups in total. The van der Waals surface area contributed by atoms with Gasteiger partial charge < -0.3 is 23.5 Å². The Bertz CT molecular complexity index is 1800. The fourth-order valence-electron chi connectivity index (χ4n) is 8.32. The third kappa shape index (κ3) is 8.90. The van der Waals surface area contributed by atoms with Crippen LogP contribution in [-0.4, -0.2) is 92.3 Å². The molecule has 2 heterocycles. The summed E-state index contributed by atoms with van der Waals surface area (Å²) in [5.74, 6) is 0.658. The van der Waals surface area contributed by atoms with Crippen LogP contribution in [0.3, 0.4) is 0 Å². The first-order chi connectivity index (χ1) is 25.5. The largest absolute Gasteiger partial charge is 0.490 e. The lowest BCUT2D eigenvalue weighted by atomic mass is 9.68. The standard InChI is InChI=1S/C41H60ClN3O7SSi/c1-29-10-8-12-37(52-54(6,7)40(2,3)4)34-16-13-32(34)26-44-27-41(19-9-11-30-24-33(42)15-17-35(30)41)28-51-38-18-14-31(25-36(38)44)39(46)43-53(47,48)45(29)20-21-50-23-22-49-5/h8,12,14-15,17-18,24-25,29,32,34,37H,9-11,13,16,19-23,26-28H2,1-7H3,(H,43,46)/b12-8+/t29-,32-,34+,37?,41-/m0/s1. The van der Waals surface area contributed by atoms with Crippen LogP contribution in [0.25, 0.3) is 0 Å². The third-order valence-electron chi connectivity index (χ3n) is 12.6. The quantitative estimate of drug-likeness (QED) is 0.166. The zero-order valence-electron chi connectivity index (χ0n) is 33.2. The summed E-state index contributed by atoms with van der Waals surface area (Å²) in [6.45, 7) is 16.2. The number of hydrogen-bond donors (Lipinski definition) is 1. The van der Waals surface area contributed by atoms with E-state index in [1.54, 1.807) is 13.2 Å². The SMILES string of the molecule is COCCOCCN1[C@@H](C)C/C=C/C(O[Si](C)(C)C(C)(C)C)[C@@H]2CC[C@H]2CN2C[C@@]3(CCCc4cc(Cl)ccc43)COc3ccc(cc32)C(=O)NS1(=O)=O. The first-order valence-corrected chi connectivity index (χ1v) is 24.3. The number of nitrogens with one attached hydrogen (secondary N) is 1. The minimum absolute atomic E-state index is 0.0235. The van der Waals surface area contributed by atoms with Crippen LogP contribution in [0.15, 0.2) is 48.6 Å². The minimum atomic E-state index is -4.25. The van der Waals surface area contributed by atoms with E-state index >= 15 is 0 Å². The second kappa shape index (κ2) is 16.6. The molecular weight excluding hydrogens is 742 g/mol. The molecule has 298 valence electrons. The molecule has 10 nitrogen and oxygen atoms in total.